The summed E-state index contributed by atoms with van der Waals surface area (Å²) in [6.07, 6.45) is 0.668. The van der Waals surface area contributed by atoms with E-state index in [-0.39, 0.29) is 21.3 Å². The molecule has 1 unspecified atom stereocenters. The Morgan fingerprint density at radius 1 is 1.43 bits per heavy atom. The first-order valence-corrected chi connectivity index (χ1v) is 9.01. The van der Waals surface area contributed by atoms with Crippen LogP contribution in [0.15, 0.2) is 4.34 Å². The van der Waals surface area contributed by atoms with Gasteiger partial charge in [0.15, 0.2) is 0 Å². The first-order chi connectivity index (χ1) is 9.90. The van der Waals surface area contributed by atoms with Crippen LogP contribution in [-0.2, 0) is 14.6 Å². The molecule has 2 amide bonds. The molecule has 21 heavy (non-hydrogen) atoms. The maximum atomic E-state index is 12.2. The molecule has 1 saturated heterocycles. The molecule has 2 rings (SSSR count). The lowest BCUT2D eigenvalue weighted by atomic mass is 10.3. The molecule has 0 saturated carbocycles. The number of hydrogen-bond acceptors (Lipinski definition) is 7. The van der Waals surface area contributed by atoms with Gasteiger partial charge in [0.2, 0.25) is 19.3 Å². The number of aromatic nitrogens is 2. The van der Waals surface area contributed by atoms with E-state index in [0.29, 0.717) is 19.4 Å². The summed E-state index contributed by atoms with van der Waals surface area (Å²) in [4.78, 5) is 15.1. The largest absolute Gasteiger partial charge is 0.361 e. The van der Waals surface area contributed by atoms with Crippen molar-refractivity contribution in [3.05, 3.63) is 0 Å². The summed E-state index contributed by atoms with van der Waals surface area (Å²) in [5, 5.41) is 7.83. The fourth-order valence-corrected chi connectivity index (χ4v) is 4.52. The van der Waals surface area contributed by atoms with Gasteiger partial charge in [-0.2, -0.15) is 0 Å². The van der Waals surface area contributed by atoms with E-state index in [9.17, 15) is 13.2 Å². The van der Waals surface area contributed by atoms with E-state index in [1.54, 1.807) is 14.0 Å². The van der Waals surface area contributed by atoms with Gasteiger partial charge in [-0.15, -0.1) is 10.2 Å². The molecule has 0 radical (unpaired) electrons. The summed E-state index contributed by atoms with van der Waals surface area (Å²) < 4.78 is 29.2. The average Bonchev–Trinajstić information content (AvgIpc) is 2.91. The quantitative estimate of drug-likeness (QED) is 0.745. The van der Waals surface area contributed by atoms with Crippen LogP contribution in [0.2, 0.25) is 0 Å². The SMILES string of the molecule is CCCS(=O)(=O)c1nnc(N2C(=O)N(C)CCC2OC)s1. The third-order valence-corrected chi connectivity index (χ3v) is 6.43. The van der Waals surface area contributed by atoms with Crippen LogP contribution in [0.1, 0.15) is 19.8 Å². The van der Waals surface area contributed by atoms with Gasteiger partial charge in [0.05, 0.1) is 5.75 Å². The van der Waals surface area contributed by atoms with Gasteiger partial charge >= 0.3 is 6.03 Å². The van der Waals surface area contributed by atoms with Crippen LogP contribution in [0.5, 0.6) is 0 Å². The summed E-state index contributed by atoms with van der Waals surface area (Å²) in [6.45, 7) is 2.36. The second-order valence-corrected chi connectivity index (χ2v) is 7.96. The second kappa shape index (κ2) is 6.24. The van der Waals surface area contributed by atoms with E-state index in [4.69, 9.17) is 4.74 Å². The molecule has 1 aromatic rings. The van der Waals surface area contributed by atoms with Crippen LogP contribution in [0.3, 0.4) is 0 Å². The van der Waals surface area contributed by atoms with Crippen LogP contribution in [0.25, 0.3) is 0 Å². The number of methoxy groups -OCH3 is 1. The van der Waals surface area contributed by atoms with Crippen molar-refractivity contribution in [2.45, 2.75) is 30.3 Å². The number of urea groups is 1. The number of rotatable bonds is 5. The minimum atomic E-state index is -3.43. The molecule has 1 aliphatic rings. The number of carbonyl (C=O) groups excluding carboxylic acids is 1. The monoisotopic (exact) mass is 334 g/mol. The van der Waals surface area contributed by atoms with Crippen molar-refractivity contribution in [2.75, 3.05) is 31.4 Å². The Morgan fingerprint density at radius 2 is 2.14 bits per heavy atom. The predicted molar refractivity (Wildman–Crippen MR) is 78.2 cm³/mol. The number of ether oxygens (including phenoxy) is 1. The number of carbonyl (C=O) groups is 1. The molecule has 0 spiro atoms. The number of hydrogen-bond donors (Lipinski definition) is 0. The summed E-state index contributed by atoms with van der Waals surface area (Å²) in [6, 6.07) is -0.274. The van der Waals surface area contributed by atoms with Crippen LogP contribution in [0.4, 0.5) is 9.93 Å². The fraction of sp³-hybridized carbons (Fsp3) is 0.727. The van der Waals surface area contributed by atoms with E-state index in [0.717, 1.165) is 11.3 Å². The van der Waals surface area contributed by atoms with Crippen molar-refractivity contribution >= 4 is 32.3 Å². The van der Waals surface area contributed by atoms with Crippen molar-refractivity contribution < 1.29 is 17.9 Å². The zero-order chi connectivity index (χ0) is 15.6. The first kappa shape index (κ1) is 16.1. The minimum absolute atomic E-state index is 0.0171. The van der Waals surface area contributed by atoms with Crippen molar-refractivity contribution in [2.24, 2.45) is 0 Å². The highest BCUT2D eigenvalue weighted by atomic mass is 32.2. The number of amides is 2. The van der Waals surface area contributed by atoms with Crippen LogP contribution < -0.4 is 4.90 Å². The Labute approximate surface area is 127 Å². The molecule has 0 bridgehead atoms. The van der Waals surface area contributed by atoms with E-state index in [2.05, 4.69) is 10.2 Å². The lowest BCUT2D eigenvalue weighted by molar-refractivity contribution is 0.0700. The number of sulfone groups is 1. The summed E-state index contributed by atoms with van der Waals surface area (Å²) in [5.74, 6) is 0.0171. The van der Waals surface area contributed by atoms with Gasteiger partial charge in [0, 0.05) is 27.1 Å². The Hall–Kier alpha value is -1.26. The normalized spacial score (nSPS) is 20.1. The van der Waals surface area contributed by atoms with Crippen molar-refractivity contribution in [1.29, 1.82) is 0 Å². The predicted octanol–water partition coefficient (Wildman–Crippen LogP) is 0.956. The highest BCUT2D eigenvalue weighted by molar-refractivity contribution is 7.93. The highest BCUT2D eigenvalue weighted by Gasteiger charge is 2.35. The number of anilines is 1. The van der Waals surface area contributed by atoms with Crippen molar-refractivity contribution in [3.63, 3.8) is 0 Å². The molecule has 1 atom stereocenters. The number of nitrogens with zero attached hydrogens (tertiary/aromatic N) is 4. The molecule has 0 aliphatic carbocycles. The van der Waals surface area contributed by atoms with Gasteiger partial charge in [0.1, 0.15) is 6.23 Å². The molecular weight excluding hydrogens is 316 g/mol. The minimum Gasteiger partial charge on any atom is -0.361 e. The van der Waals surface area contributed by atoms with E-state index < -0.39 is 16.1 Å². The molecule has 1 aromatic heterocycles. The van der Waals surface area contributed by atoms with Gasteiger partial charge in [-0.25, -0.2) is 18.1 Å². The molecule has 2 heterocycles. The van der Waals surface area contributed by atoms with Crippen LogP contribution >= 0.6 is 11.3 Å². The van der Waals surface area contributed by atoms with Gasteiger partial charge in [-0.1, -0.05) is 18.3 Å². The van der Waals surface area contributed by atoms with Gasteiger partial charge < -0.3 is 9.64 Å². The molecule has 118 valence electrons. The Balaban J connectivity index is 2.32. The Morgan fingerprint density at radius 3 is 2.76 bits per heavy atom. The standard InChI is InChI=1S/C11H18N4O4S2/c1-4-7-21(17,18)10-13-12-9(20-10)15-8(19-3)5-6-14(2)11(15)16/h8H,4-7H2,1-3H3. The molecule has 0 aromatic carbocycles. The molecule has 1 fully saturated rings. The van der Waals surface area contributed by atoms with E-state index in [1.807, 2.05) is 0 Å². The van der Waals surface area contributed by atoms with Crippen LogP contribution in [0, 0.1) is 0 Å². The van der Waals surface area contributed by atoms with Crippen molar-refractivity contribution in [3.8, 4) is 0 Å². The molecule has 8 nitrogen and oxygen atoms in total. The smallest absolute Gasteiger partial charge is 0.328 e. The first-order valence-electron chi connectivity index (χ1n) is 6.54. The zero-order valence-corrected chi connectivity index (χ0v) is 13.8. The third kappa shape index (κ3) is 3.16. The van der Waals surface area contributed by atoms with E-state index >= 15 is 0 Å². The maximum absolute atomic E-state index is 12.2. The topological polar surface area (TPSA) is 92.7 Å². The lowest BCUT2D eigenvalue weighted by Gasteiger charge is -2.37. The maximum Gasteiger partial charge on any atom is 0.328 e. The lowest BCUT2D eigenvalue weighted by Crippen LogP contribution is -2.54. The van der Waals surface area contributed by atoms with E-state index in [1.165, 1.54) is 16.9 Å². The summed E-state index contributed by atoms with van der Waals surface area (Å²) in [5.41, 5.74) is 0. The Bertz CT molecular complexity index is 615. The molecule has 1 aliphatic heterocycles. The summed E-state index contributed by atoms with van der Waals surface area (Å²) >= 11 is 0.899. The fourth-order valence-electron chi connectivity index (χ4n) is 2.05. The molecular formula is C11H18N4O4S2. The zero-order valence-electron chi connectivity index (χ0n) is 12.1. The molecule has 0 N–H and O–H groups in total. The van der Waals surface area contributed by atoms with Gasteiger partial charge in [-0.3, -0.25) is 0 Å². The third-order valence-electron chi connectivity index (χ3n) is 3.14. The summed E-state index contributed by atoms with van der Waals surface area (Å²) in [7, 11) is -0.247. The van der Waals surface area contributed by atoms with Crippen LogP contribution in [-0.4, -0.2) is 62.2 Å². The Kier molecular flexibility index (Phi) is 4.79. The highest BCUT2D eigenvalue weighted by Crippen LogP contribution is 2.29. The average molecular weight is 334 g/mol. The van der Waals surface area contributed by atoms with Gasteiger partial charge in [-0.05, 0) is 6.42 Å². The van der Waals surface area contributed by atoms with Gasteiger partial charge in [0.25, 0.3) is 0 Å². The second-order valence-electron chi connectivity index (χ2n) is 4.72. The molecule has 10 heteroatoms. The van der Waals surface area contributed by atoms with Crippen molar-refractivity contribution in [1.82, 2.24) is 15.1 Å².